The van der Waals surface area contributed by atoms with Gasteiger partial charge in [-0.25, -0.2) is 4.39 Å². The molecular weight excluding hydrogens is 381 g/mol. The van der Waals surface area contributed by atoms with Gasteiger partial charge in [0, 0.05) is 17.8 Å². The number of nitrogens with zero attached hydrogens (tertiary/aromatic N) is 1. The van der Waals surface area contributed by atoms with Crippen molar-refractivity contribution in [2.45, 2.75) is 5.03 Å². The number of rotatable bonds is 6. The molecule has 2 aromatic carbocycles. The summed E-state index contributed by atoms with van der Waals surface area (Å²) in [7, 11) is 0. The lowest BCUT2D eigenvalue weighted by molar-refractivity contribution is -0.645. The number of pyridine rings is 1. The highest BCUT2D eigenvalue weighted by molar-refractivity contribution is 7.99. The number of amides is 2. The van der Waals surface area contributed by atoms with E-state index in [1.807, 2.05) is 0 Å². The van der Waals surface area contributed by atoms with Crippen LogP contribution in [0, 0.1) is 11.0 Å². The molecule has 0 unspecified atom stereocenters. The van der Waals surface area contributed by atoms with Gasteiger partial charge >= 0.3 is 0 Å². The molecule has 142 valence electrons. The van der Waals surface area contributed by atoms with E-state index in [1.165, 1.54) is 30.5 Å². The normalized spacial score (nSPS) is 10.3. The van der Waals surface area contributed by atoms with Crippen LogP contribution in [0.1, 0.15) is 10.4 Å². The fraction of sp³-hybridized carbons (Fsp3) is 0.0500. The first-order valence-corrected chi connectivity index (χ1v) is 9.28. The first-order valence-electron chi connectivity index (χ1n) is 8.30. The topological polar surface area (TPSA) is 85.1 Å². The molecule has 0 saturated carbocycles. The van der Waals surface area contributed by atoms with Crippen LogP contribution in [0.15, 0.2) is 78.0 Å². The maximum atomic E-state index is 13.0. The van der Waals surface area contributed by atoms with Gasteiger partial charge in [-0.05, 0) is 54.2 Å². The standard InChI is InChI=1S/C20H16FN3O3S/c21-14-8-10-15(11-9-14)22-20(26)16-5-1-2-6-17(16)23-18(25)13-28-19-7-3-4-12-24(19)27/h1-12H,13H2,(H,22,26)(H,23,25). The number of carbonyl (C=O) groups is 2. The molecule has 2 N–H and O–H groups in total. The molecule has 28 heavy (non-hydrogen) atoms. The van der Waals surface area contributed by atoms with Crippen LogP contribution in [-0.4, -0.2) is 17.6 Å². The number of hydrogen-bond donors (Lipinski definition) is 2. The molecule has 1 aromatic heterocycles. The van der Waals surface area contributed by atoms with Gasteiger partial charge in [0.25, 0.3) is 10.9 Å². The van der Waals surface area contributed by atoms with Gasteiger partial charge in [0.05, 0.1) is 17.0 Å². The van der Waals surface area contributed by atoms with Gasteiger partial charge in [0.2, 0.25) is 5.91 Å². The van der Waals surface area contributed by atoms with Crippen LogP contribution in [0.2, 0.25) is 0 Å². The quantitative estimate of drug-likeness (QED) is 0.379. The van der Waals surface area contributed by atoms with Crippen LogP contribution in [0.3, 0.4) is 0 Å². The number of para-hydroxylation sites is 1. The number of nitrogens with one attached hydrogen (secondary N) is 2. The average Bonchev–Trinajstić information content (AvgIpc) is 2.69. The second kappa shape index (κ2) is 9.01. The third-order valence-corrected chi connectivity index (χ3v) is 4.71. The second-order valence-electron chi connectivity index (χ2n) is 5.71. The summed E-state index contributed by atoms with van der Waals surface area (Å²) in [5, 5.41) is 17.4. The molecule has 0 aliphatic rings. The Morgan fingerprint density at radius 1 is 0.964 bits per heavy atom. The summed E-state index contributed by atoms with van der Waals surface area (Å²) < 4.78 is 13.7. The van der Waals surface area contributed by atoms with Crippen LogP contribution < -0.4 is 15.4 Å². The number of carbonyl (C=O) groups excluding carboxylic acids is 2. The van der Waals surface area contributed by atoms with Gasteiger partial charge in [0.15, 0.2) is 6.20 Å². The molecule has 3 aromatic rings. The Balaban J connectivity index is 1.66. The van der Waals surface area contributed by atoms with E-state index in [1.54, 1.807) is 42.5 Å². The van der Waals surface area contributed by atoms with Crippen LogP contribution >= 0.6 is 11.8 Å². The molecule has 0 aliphatic heterocycles. The smallest absolute Gasteiger partial charge is 0.257 e. The molecule has 6 nitrogen and oxygen atoms in total. The molecule has 0 aliphatic carbocycles. The van der Waals surface area contributed by atoms with Gasteiger partial charge in [-0.2, -0.15) is 4.73 Å². The molecule has 2 amide bonds. The summed E-state index contributed by atoms with van der Waals surface area (Å²) >= 11 is 1.09. The third kappa shape index (κ3) is 5.08. The minimum absolute atomic E-state index is 0.0141. The van der Waals surface area contributed by atoms with E-state index in [2.05, 4.69) is 10.6 Å². The second-order valence-corrected chi connectivity index (χ2v) is 6.70. The first-order chi connectivity index (χ1) is 13.5. The molecule has 0 bridgehead atoms. The van der Waals surface area contributed by atoms with Gasteiger partial charge in [-0.1, -0.05) is 12.1 Å². The van der Waals surface area contributed by atoms with Crippen molar-refractivity contribution in [1.29, 1.82) is 0 Å². The monoisotopic (exact) mass is 397 g/mol. The molecular formula is C20H16FN3O3S. The molecule has 0 saturated heterocycles. The number of benzene rings is 2. The number of halogens is 1. The van der Waals surface area contributed by atoms with Gasteiger partial charge < -0.3 is 15.8 Å². The molecule has 8 heteroatoms. The first kappa shape index (κ1) is 19.4. The van der Waals surface area contributed by atoms with Crippen molar-refractivity contribution in [3.63, 3.8) is 0 Å². The minimum Gasteiger partial charge on any atom is -0.618 e. The predicted molar refractivity (Wildman–Crippen MR) is 106 cm³/mol. The van der Waals surface area contributed by atoms with E-state index >= 15 is 0 Å². The van der Waals surface area contributed by atoms with Crippen LogP contribution in [0.4, 0.5) is 15.8 Å². The zero-order chi connectivity index (χ0) is 19.9. The van der Waals surface area contributed by atoms with Crippen molar-refractivity contribution in [1.82, 2.24) is 0 Å². The fourth-order valence-corrected chi connectivity index (χ4v) is 3.09. The number of aromatic nitrogens is 1. The maximum Gasteiger partial charge on any atom is 0.257 e. The van der Waals surface area contributed by atoms with Crippen molar-refractivity contribution in [3.8, 4) is 0 Å². The number of hydrogen-bond acceptors (Lipinski definition) is 4. The number of anilines is 2. The minimum atomic E-state index is -0.435. The van der Waals surface area contributed by atoms with Crippen molar-refractivity contribution < 1.29 is 18.7 Å². The molecule has 0 spiro atoms. The van der Waals surface area contributed by atoms with E-state index in [0.29, 0.717) is 21.1 Å². The maximum absolute atomic E-state index is 13.0. The van der Waals surface area contributed by atoms with Crippen molar-refractivity contribution in [2.24, 2.45) is 0 Å². The summed E-state index contributed by atoms with van der Waals surface area (Å²) in [6.45, 7) is 0. The van der Waals surface area contributed by atoms with E-state index in [-0.39, 0.29) is 17.2 Å². The Morgan fingerprint density at radius 3 is 2.43 bits per heavy atom. The Kier molecular flexibility index (Phi) is 6.23. The lowest BCUT2D eigenvalue weighted by atomic mass is 10.1. The van der Waals surface area contributed by atoms with Crippen LogP contribution in [0.25, 0.3) is 0 Å². The Labute approximate surface area is 165 Å². The van der Waals surface area contributed by atoms with Gasteiger partial charge in [-0.3, -0.25) is 9.59 Å². The summed E-state index contributed by atoms with van der Waals surface area (Å²) in [4.78, 5) is 24.8. The Bertz CT molecular complexity index is 996. The van der Waals surface area contributed by atoms with Gasteiger partial charge in [-0.15, -0.1) is 0 Å². The van der Waals surface area contributed by atoms with Gasteiger partial charge in [0.1, 0.15) is 5.82 Å². The molecule has 0 atom stereocenters. The highest BCUT2D eigenvalue weighted by Gasteiger charge is 2.15. The van der Waals surface area contributed by atoms with E-state index in [0.717, 1.165) is 11.8 Å². The zero-order valence-electron chi connectivity index (χ0n) is 14.6. The summed E-state index contributed by atoms with van der Waals surface area (Å²) in [5.74, 6) is -1.17. The zero-order valence-corrected chi connectivity index (χ0v) is 15.4. The average molecular weight is 397 g/mol. The van der Waals surface area contributed by atoms with Crippen LogP contribution in [-0.2, 0) is 4.79 Å². The SMILES string of the molecule is O=C(CSc1cccc[n+]1[O-])Nc1ccccc1C(=O)Nc1ccc(F)cc1. The highest BCUT2D eigenvalue weighted by Crippen LogP contribution is 2.19. The summed E-state index contributed by atoms with van der Waals surface area (Å²) in [6, 6.07) is 16.9. The van der Waals surface area contributed by atoms with Crippen molar-refractivity contribution in [2.75, 3.05) is 16.4 Å². The van der Waals surface area contributed by atoms with Crippen molar-refractivity contribution >= 4 is 35.0 Å². The summed E-state index contributed by atoms with van der Waals surface area (Å²) in [5.41, 5.74) is 1.05. The summed E-state index contributed by atoms with van der Waals surface area (Å²) in [6.07, 6.45) is 1.36. The predicted octanol–water partition coefficient (Wildman–Crippen LogP) is 3.44. The fourth-order valence-electron chi connectivity index (χ4n) is 2.37. The Hall–Kier alpha value is -3.39. The molecule has 3 rings (SSSR count). The van der Waals surface area contributed by atoms with Crippen LogP contribution in [0.5, 0.6) is 0 Å². The van der Waals surface area contributed by atoms with E-state index < -0.39 is 11.7 Å². The van der Waals surface area contributed by atoms with E-state index in [9.17, 15) is 19.2 Å². The lowest BCUT2D eigenvalue weighted by Gasteiger charge is -2.11. The number of thioether (sulfide) groups is 1. The third-order valence-electron chi connectivity index (χ3n) is 3.69. The lowest BCUT2D eigenvalue weighted by Crippen LogP contribution is -2.28. The highest BCUT2D eigenvalue weighted by atomic mass is 32.2. The van der Waals surface area contributed by atoms with Crippen molar-refractivity contribution in [3.05, 3.63) is 89.5 Å². The molecule has 1 heterocycles. The molecule has 0 radical (unpaired) electrons. The largest absolute Gasteiger partial charge is 0.618 e. The van der Waals surface area contributed by atoms with E-state index in [4.69, 9.17) is 0 Å². The molecule has 0 fully saturated rings. The Morgan fingerprint density at radius 2 is 1.68 bits per heavy atom.